The molecule has 1 aromatic carbocycles. The standard InChI is InChI=1S/C16H20N2O6/c1-24-13-7-10(6-11(8-13)16(22)23)15(21)17-12-2-4-18(5-3-12)9-14(19)20/h6-8,12H,2-5,9H2,1H3,(H,17,21)(H,19,20)(H,22,23). The number of methoxy groups -OCH3 is 1. The number of aliphatic carboxylic acids is 1. The van der Waals surface area contributed by atoms with Crippen molar-refractivity contribution in [3.05, 3.63) is 29.3 Å². The Balaban J connectivity index is 1.99. The number of nitrogens with one attached hydrogen (secondary N) is 1. The van der Waals surface area contributed by atoms with Crippen LogP contribution in [-0.2, 0) is 4.79 Å². The molecule has 1 aromatic rings. The Bertz CT molecular complexity index is 637. The Kier molecular flexibility index (Phi) is 5.75. The highest BCUT2D eigenvalue weighted by atomic mass is 16.5. The van der Waals surface area contributed by atoms with Gasteiger partial charge in [-0.2, -0.15) is 0 Å². The third kappa shape index (κ3) is 4.69. The van der Waals surface area contributed by atoms with Gasteiger partial charge >= 0.3 is 11.9 Å². The van der Waals surface area contributed by atoms with Gasteiger partial charge in [0.1, 0.15) is 5.75 Å². The quantitative estimate of drug-likeness (QED) is 0.699. The number of aromatic carboxylic acids is 1. The van der Waals surface area contributed by atoms with Crippen molar-refractivity contribution in [1.29, 1.82) is 0 Å². The number of ether oxygens (including phenoxy) is 1. The van der Waals surface area contributed by atoms with Crippen molar-refractivity contribution in [2.75, 3.05) is 26.7 Å². The van der Waals surface area contributed by atoms with Gasteiger partial charge in [0.25, 0.3) is 5.91 Å². The first kappa shape index (κ1) is 17.7. The maximum atomic E-state index is 12.3. The first-order valence-electron chi connectivity index (χ1n) is 7.56. The van der Waals surface area contributed by atoms with Crippen LogP contribution >= 0.6 is 0 Å². The summed E-state index contributed by atoms with van der Waals surface area (Å²) in [6, 6.07) is 4.08. The molecule has 8 nitrogen and oxygen atoms in total. The molecule has 0 bridgehead atoms. The van der Waals surface area contributed by atoms with Crippen LogP contribution in [0.2, 0.25) is 0 Å². The molecule has 2 rings (SSSR count). The van der Waals surface area contributed by atoms with Crippen LogP contribution in [0.25, 0.3) is 0 Å². The zero-order valence-corrected chi connectivity index (χ0v) is 13.3. The zero-order chi connectivity index (χ0) is 17.7. The molecule has 1 aliphatic heterocycles. The number of carbonyl (C=O) groups is 3. The topological polar surface area (TPSA) is 116 Å². The highest BCUT2D eigenvalue weighted by Crippen LogP contribution is 2.18. The van der Waals surface area contributed by atoms with E-state index in [1.54, 1.807) is 0 Å². The molecule has 1 fully saturated rings. The van der Waals surface area contributed by atoms with E-state index in [4.69, 9.17) is 14.9 Å². The molecule has 130 valence electrons. The number of hydrogen-bond donors (Lipinski definition) is 3. The minimum absolute atomic E-state index is 0.00147. The molecule has 24 heavy (non-hydrogen) atoms. The number of carboxylic acid groups (broad SMARTS) is 2. The fraction of sp³-hybridized carbons (Fsp3) is 0.438. The van der Waals surface area contributed by atoms with Crippen molar-refractivity contribution in [3.8, 4) is 5.75 Å². The summed E-state index contributed by atoms with van der Waals surface area (Å²) in [6.07, 6.45) is 1.30. The number of carboxylic acids is 2. The van der Waals surface area contributed by atoms with Gasteiger partial charge in [-0.1, -0.05) is 0 Å². The number of benzene rings is 1. The van der Waals surface area contributed by atoms with Gasteiger partial charge in [-0.05, 0) is 31.0 Å². The lowest BCUT2D eigenvalue weighted by Crippen LogP contribution is -2.45. The number of hydrogen-bond acceptors (Lipinski definition) is 5. The smallest absolute Gasteiger partial charge is 0.335 e. The van der Waals surface area contributed by atoms with E-state index >= 15 is 0 Å². The molecular formula is C16H20N2O6. The molecule has 8 heteroatoms. The van der Waals surface area contributed by atoms with Gasteiger partial charge in [-0.3, -0.25) is 14.5 Å². The number of rotatable bonds is 6. The molecule has 0 spiro atoms. The minimum atomic E-state index is -1.13. The van der Waals surface area contributed by atoms with E-state index in [0.717, 1.165) is 0 Å². The fourth-order valence-electron chi connectivity index (χ4n) is 2.67. The summed E-state index contributed by atoms with van der Waals surface area (Å²) in [5, 5.41) is 20.7. The van der Waals surface area contributed by atoms with Crippen LogP contribution in [-0.4, -0.2) is 65.7 Å². The second-order valence-electron chi connectivity index (χ2n) is 5.67. The van der Waals surface area contributed by atoms with E-state index in [9.17, 15) is 14.4 Å². The molecule has 0 saturated carbocycles. The summed E-state index contributed by atoms with van der Waals surface area (Å²) in [7, 11) is 1.40. The molecule has 0 atom stereocenters. The predicted octanol–water partition coefficient (Wildman–Crippen LogP) is 0.672. The summed E-state index contributed by atoms with van der Waals surface area (Å²) >= 11 is 0. The molecule has 1 heterocycles. The van der Waals surface area contributed by atoms with Gasteiger partial charge in [0, 0.05) is 24.7 Å². The number of nitrogens with zero attached hydrogens (tertiary/aromatic N) is 1. The zero-order valence-electron chi connectivity index (χ0n) is 13.3. The van der Waals surface area contributed by atoms with Crippen molar-refractivity contribution < 1.29 is 29.3 Å². The van der Waals surface area contributed by atoms with Crippen molar-refractivity contribution in [2.24, 2.45) is 0 Å². The van der Waals surface area contributed by atoms with E-state index in [2.05, 4.69) is 5.32 Å². The van der Waals surface area contributed by atoms with Gasteiger partial charge < -0.3 is 20.3 Å². The molecule has 1 amide bonds. The molecule has 0 aliphatic carbocycles. The Morgan fingerprint density at radius 3 is 2.33 bits per heavy atom. The molecule has 3 N–H and O–H groups in total. The summed E-state index contributed by atoms with van der Waals surface area (Å²) in [4.78, 5) is 36.0. The maximum absolute atomic E-state index is 12.3. The predicted molar refractivity (Wildman–Crippen MR) is 84.5 cm³/mol. The Morgan fingerprint density at radius 1 is 1.17 bits per heavy atom. The van der Waals surface area contributed by atoms with Crippen LogP contribution in [0, 0.1) is 0 Å². The van der Waals surface area contributed by atoms with E-state index < -0.39 is 11.9 Å². The van der Waals surface area contributed by atoms with Crippen LogP contribution < -0.4 is 10.1 Å². The number of carbonyl (C=O) groups excluding carboxylic acids is 1. The van der Waals surface area contributed by atoms with Crippen LogP contribution in [0.3, 0.4) is 0 Å². The van der Waals surface area contributed by atoms with Crippen LogP contribution in [0.15, 0.2) is 18.2 Å². The molecule has 0 unspecified atom stereocenters. The molecule has 1 saturated heterocycles. The average molecular weight is 336 g/mol. The highest BCUT2D eigenvalue weighted by molar-refractivity contribution is 5.98. The first-order chi connectivity index (χ1) is 11.4. The van der Waals surface area contributed by atoms with Crippen LogP contribution in [0.4, 0.5) is 0 Å². The largest absolute Gasteiger partial charge is 0.497 e. The summed E-state index contributed by atoms with van der Waals surface area (Å²) < 4.78 is 5.03. The summed E-state index contributed by atoms with van der Waals surface area (Å²) in [6.45, 7) is 1.18. The lowest BCUT2D eigenvalue weighted by Gasteiger charge is -2.31. The second-order valence-corrected chi connectivity index (χ2v) is 5.67. The molecular weight excluding hydrogens is 316 g/mol. The minimum Gasteiger partial charge on any atom is -0.497 e. The van der Waals surface area contributed by atoms with E-state index in [1.807, 2.05) is 4.90 Å². The number of piperidine rings is 1. The Labute approximate surface area is 139 Å². The van der Waals surface area contributed by atoms with Gasteiger partial charge in [0.2, 0.25) is 0 Å². The van der Waals surface area contributed by atoms with Gasteiger partial charge in [-0.15, -0.1) is 0 Å². The van der Waals surface area contributed by atoms with Gasteiger partial charge in [0.05, 0.1) is 19.2 Å². The molecule has 1 aliphatic rings. The van der Waals surface area contributed by atoms with Crippen LogP contribution in [0.1, 0.15) is 33.6 Å². The fourth-order valence-corrected chi connectivity index (χ4v) is 2.67. The highest BCUT2D eigenvalue weighted by Gasteiger charge is 2.23. The summed E-state index contributed by atoms with van der Waals surface area (Å²) in [5.41, 5.74) is 0.204. The average Bonchev–Trinajstić information content (AvgIpc) is 2.55. The van der Waals surface area contributed by atoms with Crippen LogP contribution in [0.5, 0.6) is 5.75 Å². The Morgan fingerprint density at radius 2 is 1.79 bits per heavy atom. The van der Waals surface area contributed by atoms with Crippen molar-refractivity contribution in [1.82, 2.24) is 10.2 Å². The van der Waals surface area contributed by atoms with E-state index in [1.165, 1.54) is 25.3 Å². The number of likely N-dealkylation sites (tertiary alicyclic amines) is 1. The molecule has 0 radical (unpaired) electrons. The van der Waals surface area contributed by atoms with E-state index in [-0.39, 0.29) is 29.6 Å². The van der Waals surface area contributed by atoms with Crippen molar-refractivity contribution >= 4 is 17.8 Å². The monoisotopic (exact) mass is 336 g/mol. The lowest BCUT2D eigenvalue weighted by molar-refractivity contribution is -0.138. The number of amides is 1. The summed E-state index contributed by atoms with van der Waals surface area (Å²) in [5.74, 6) is -2.07. The Hall–Kier alpha value is -2.61. The van der Waals surface area contributed by atoms with E-state index in [0.29, 0.717) is 31.7 Å². The third-order valence-electron chi connectivity index (χ3n) is 3.93. The maximum Gasteiger partial charge on any atom is 0.335 e. The second kappa shape index (κ2) is 7.78. The molecule has 0 aromatic heterocycles. The van der Waals surface area contributed by atoms with Crippen molar-refractivity contribution in [3.63, 3.8) is 0 Å². The normalized spacial score (nSPS) is 15.7. The van der Waals surface area contributed by atoms with Gasteiger partial charge in [0.15, 0.2) is 0 Å². The SMILES string of the molecule is COc1cc(C(=O)O)cc(C(=O)NC2CCN(CC(=O)O)CC2)c1. The first-order valence-corrected chi connectivity index (χ1v) is 7.56. The van der Waals surface area contributed by atoms with Crippen molar-refractivity contribution in [2.45, 2.75) is 18.9 Å². The third-order valence-corrected chi connectivity index (χ3v) is 3.93. The lowest BCUT2D eigenvalue weighted by atomic mass is 10.0. The van der Waals surface area contributed by atoms with Gasteiger partial charge in [-0.25, -0.2) is 4.79 Å².